The summed E-state index contributed by atoms with van der Waals surface area (Å²) in [5.74, 6) is -0.610. The lowest BCUT2D eigenvalue weighted by Gasteiger charge is -2.21. The zero-order valence-corrected chi connectivity index (χ0v) is 14.9. The molecule has 0 saturated carbocycles. The molecule has 7 heteroatoms. The number of hydrogen-bond donors (Lipinski definition) is 0. The molecule has 5 nitrogen and oxygen atoms in total. The number of rotatable bonds is 6. The molecule has 2 aromatic rings. The standard InChI is InChI=1S/C16H16BrNO4S/c1-22-16(19)12-18(11-13-5-3-2-4-6-13)23(20,21)15-9-7-14(17)8-10-15/h2-10H,11-12H2,1H3. The van der Waals surface area contributed by atoms with Crippen molar-refractivity contribution in [2.45, 2.75) is 11.4 Å². The maximum absolute atomic E-state index is 12.8. The van der Waals surface area contributed by atoms with Crippen LogP contribution in [0, 0.1) is 0 Å². The fraction of sp³-hybridized carbons (Fsp3) is 0.188. The van der Waals surface area contributed by atoms with Crippen molar-refractivity contribution < 1.29 is 17.9 Å². The number of carbonyl (C=O) groups excluding carboxylic acids is 1. The molecular weight excluding hydrogens is 382 g/mol. The van der Waals surface area contributed by atoms with Crippen molar-refractivity contribution in [1.29, 1.82) is 0 Å². The van der Waals surface area contributed by atoms with Crippen molar-refractivity contribution in [1.82, 2.24) is 4.31 Å². The smallest absolute Gasteiger partial charge is 0.321 e. The van der Waals surface area contributed by atoms with Crippen LogP contribution in [-0.4, -0.2) is 32.3 Å². The minimum atomic E-state index is -3.81. The van der Waals surface area contributed by atoms with E-state index in [2.05, 4.69) is 20.7 Å². The number of ether oxygens (including phenoxy) is 1. The molecule has 0 aliphatic rings. The highest BCUT2D eigenvalue weighted by molar-refractivity contribution is 9.10. The van der Waals surface area contributed by atoms with E-state index in [4.69, 9.17) is 0 Å². The first-order chi connectivity index (χ1) is 10.9. The van der Waals surface area contributed by atoms with E-state index >= 15 is 0 Å². The number of esters is 1. The largest absolute Gasteiger partial charge is 0.468 e. The minimum Gasteiger partial charge on any atom is -0.468 e. The van der Waals surface area contributed by atoms with Gasteiger partial charge in [0.15, 0.2) is 0 Å². The molecule has 0 unspecified atom stereocenters. The molecule has 0 heterocycles. The van der Waals surface area contributed by atoms with Crippen LogP contribution >= 0.6 is 15.9 Å². The molecule has 0 radical (unpaired) electrons. The van der Waals surface area contributed by atoms with E-state index in [1.807, 2.05) is 18.2 Å². The van der Waals surface area contributed by atoms with Crippen LogP contribution in [0.2, 0.25) is 0 Å². The average molecular weight is 398 g/mol. The number of sulfonamides is 1. The van der Waals surface area contributed by atoms with Gasteiger partial charge in [0.25, 0.3) is 0 Å². The van der Waals surface area contributed by atoms with Gasteiger partial charge in [0.05, 0.1) is 12.0 Å². The van der Waals surface area contributed by atoms with Gasteiger partial charge in [0, 0.05) is 11.0 Å². The van der Waals surface area contributed by atoms with Crippen molar-refractivity contribution in [2.24, 2.45) is 0 Å². The zero-order valence-electron chi connectivity index (χ0n) is 12.5. The van der Waals surface area contributed by atoms with E-state index in [9.17, 15) is 13.2 Å². The van der Waals surface area contributed by atoms with Crippen LogP contribution in [0.5, 0.6) is 0 Å². The second-order valence-corrected chi connectivity index (χ2v) is 7.64. The van der Waals surface area contributed by atoms with Crippen LogP contribution in [0.4, 0.5) is 0 Å². The normalized spacial score (nSPS) is 11.4. The molecule has 0 aliphatic carbocycles. The third-order valence-electron chi connectivity index (χ3n) is 3.19. The van der Waals surface area contributed by atoms with Gasteiger partial charge >= 0.3 is 5.97 Å². The molecule has 0 N–H and O–H groups in total. The molecule has 0 aromatic heterocycles. The lowest BCUT2D eigenvalue weighted by Crippen LogP contribution is -2.35. The SMILES string of the molecule is COC(=O)CN(Cc1ccccc1)S(=O)(=O)c1ccc(Br)cc1. The Morgan fingerprint density at radius 1 is 1.09 bits per heavy atom. The predicted octanol–water partition coefficient (Wildman–Crippen LogP) is 2.81. The number of halogens is 1. The maximum atomic E-state index is 12.8. The molecule has 2 rings (SSSR count). The first-order valence-corrected chi connectivity index (χ1v) is 9.03. The minimum absolute atomic E-state index is 0.0916. The van der Waals surface area contributed by atoms with Gasteiger partial charge in [-0.3, -0.25) is 4.79 Å². The van der Waals surface area contributed by atoms with Gasteiger partial charge in [-0.2, -0.15) is 4.31 Å². The van der Waals surface area contributed by atoms with Crippen LogP contribution in [0.3, 0.4) is 0 Å². The predicted molar refractivity (Wildman–Crippen MR) is 90.2 cm³/mol. The molecule has 0 bridgehead atoms. The quantitative estimate of drug-likeness (QED) is 0.702. The summed E-state index contributed by atoms with van der Waals surface area (Å²) in [6.07, 6.45) is 0. The Morgan fingerprint density at radius 2 is 1.70 bits per heavy atom. The molecule has 0 saturated heterocycles. The van der Waals surface area contributed by atoms with Crippen LogP contribution in [-0.2, 0) is 26.1 Å². The van der Waals surface area contributed by atoms with Crippen molar-refractivity contribution in [3.05, 3.63) is 64.6 Å². The van der Waals surface area contributed by atoms with Gasteiger partial charge < -0.3 is 4.74 Å². The summed E-state index contributed by atoms with van der Waals surface area (Å²) in [5.41, 5.74) is 0.789. The fourth-order valence-corrected chi connectivity index (χ4v) is 3.61. The molecule has 0 atom stereocenters. The molecule has 122 valence electrons. The Bertz CT molecular complexity index is 760. The first-order valence-electron chi connectivity index (χ1n) is 6.80. The van der Waals surface area contributed by atoms with E-state index < -0.39 is 16.0 Å². The van der Waals surface area contributed by atoms with Crippen LogP contribution in [0.15, 0.2) is 64.0 Å². The highest BCUT2D eigenvalue weighted by Crippen LogP contribution is 2.20. The monoisotopic (exact) mass is 397 g/mol. The fourth-order valence-electron chi connectivity index (χ4n) is 1.98. The van der Waals surface area contributed by atoms with Crippen LogP contribution in [0.1, 0.15) is 5.56 Å². The van der Waals surface area contributed by atoms with Crippen LogP contribution in [0.25, 0.3) is 0 Å². The van der Waals surface area contributed by atoms with E-state index in [0.29, 0.717) is 0 Å². The second kappa shape index (κ2) is 7.72. The summed E-state index contributed by atoms with van der Waals surface area (Å²) in [7, 11) is -2.58. The molecule has 0 amide bonds. The van der Waals surface area contributed by atoms with Crippen LogP contribution < -0.4 is 0 Å². The van der Waals surface area contributed by atoms with Crippen molar-refractivity contribution in [3.63, 3.8) is 0 Å². The third kappa shape index (κ3) is 4.63. The summed E-state index contributed by atoms with van der Waals surface area (Å²) in [6.45, 7) is -0.252. The van der Waals surface area contributed by atoms with Gasteiger partial charge in [0.2, 0.25) is 10.0 Å². The molecule has 0 aliphatic heterocycles. The van der Waals surface area contributed by atoms with Gasteiger partial charge in [-0.15, -0.1) is 0 Å². The van der Waals surface area contributed by atoms with E-state index in [1.54, 1.807) is 24.3 Å². The summed E-state index contributed by atoms with van der Waals surface area (Å²) in [6, 6.07) is 15.4. The third-order valence-corrected chi connectivity index (χ3v) is 5.52. The second-order valence-electron chi connectivity index (χ2n) is 4.79. The van der Waals surface area contributed by atoms with E-state index in [1.165, 1.54) is 19.2 Å². The first kappa shape index (κ1) is 17.7. The number of hydrogen-bond acceptors (Lipinski definition) is 4. The van der Waals surface area contributed by atoms with Gasteiger partial charge in [-0.1, -0.05) is 46.3 Å². The lowest BCUT2D eigenvalue weighted by atomic mass is 10.2. The number of nitrogens with zero attached hydrogens (tertiary/aromatic N) is 1. The summed E-state index contributed by atoms with van der Waals surface area (Å²) < 4.78 is 32.1. The zero-order chi connectivity index (χ0) is 16.9. The van der Waals surface area contributed by atoms with E-state index in [-0.39, 0.29) is 18.0 Å². The van der Waals surface area contributed by atoms with Gasteiger partial charge in [-0.05, 0) is 29.8 Å². The van der Waals surface area contributed by atoms with Crippen molar-refractivity contribution in [3.8, 4) is 0 Å². The number of carbonyl (C=O) groups is 1. The Hall–Kier alpha value is -1.70. The summed E-state index contributed by atoms with van der Waals surface area (Å²) in [5, 5.41) is 0. The highest BCUT2D eigenvalue weighted by atomic mass is 79.9. The maximum Gasteiger partial charge on any atom is 0.321 e. The van der Waals surface area contributed by atoms with Gasteiger partial charge in [0.1, 0.15) is 6.54 Å². The average Bonchev–Trinajstić information content (AvgIpc) is 2.55. The Morgan fingerprint density at radius 3 is 2.26 bits per heavy atom. The van der Waals surface area contributed by atoms with Crippen molar-refractivity contribution >= 4 is 31.9 Å². The molecule has 23 heavy (non-hydrogen) atoms. The summed E-state index contributed by atoms with van der Waals surface area (Å²) >= 11 is 3.27. The Kier molecular flexibility index (Phi) is 5.92. The number of benzene rings is 2. The summed E-state index contributed by atoms with van der Waals surface area (Å²) in [4.78, 5) is 11.7. The highest BCUT2D eigenvalue weighted by Gasteiger charge is 2.27. The topological polar surface area (TPSA) is 63.7 Å². The van der Waals surface area contributed by atoms with E-state index in [0.717, 1.165) is 14.3 Å². The molecule has 2 aromatic carbocycles. The van der Waals surface area contributed by atoms with Crippen molar-refractivity contribution in [2.75, 3.05) is 13.7 Å². The molecule has 0 fully saturated rings. The molecule has 0 spiro atoms. The molecular formula is C16H16BrNO4S. The Balaban J connectivity index is 2.35. The Labute approximate surface area is 144 Å². The lowest BCUT2D eigenvalue weighted by molar-refractivity contribution is -0.140. The number of methoxy groups -OCH3 is 1. The van der Waals surface area contributed by atoms with Gasteiger partial charge in [-0.25, -0.2) is 8.42 Å².